The van der Waals surface area contributed by atoms with Crippen LogP contribution in [0, 0.1) is 40.0 Å². The first-order valence-corrected chi connectivity index (χ1v) is 9.11. The SMILES string of the molecule is C#CCN1C(=O)S/C(=C/c2cc(C)n(-c3cccc(C)c3C)c2C)C1=O. The number of carbonyl (C=O) groups is 2. The summed E-state index contributed by atoms with van der Waals surface area (Å²) in [7, 11) is 0. The van der Waals surface area contributed by atoms with E-state index in [-0.39, 0.29) is 17.7 Å². The number of terminal acetylenes is 1. The predicted molar refractivity (Wildman–Crippen MR) is 106 cm³/mol. The number of carbonyl (C=O) groups excluding carboxylic acids is 2. The molecule has 0 aliphatic carbocycles. The van der Waals surface area contributed by atoms with E-state index < -0.39 is 0 Å². The van der Waals surface area contributed by atoms with Gasteiger partial charge in [-0.15, -0.1) is 6.42 Å². The number of nitrogens with zero attached hydrogens (tertiary/aromatic N) is 2. The maximum atomic E-state index is 12.4. The van der Waals surface area contributed by atoms with Gasteiger partial charge in [-0.3, -0.25) is 14.5 Å². The Morgan fingerprint density at radius 3 is 2.62 bits per heavy atom. The second kappa shape index (κ2) is 6.89. The zero-order chi connectivity index (χ0) is 19.0. The van der Waals surface area contributed by atoms with Crippen molar-refractivity contribution in [3.05, 3.63) is 57.2 Å². The first-order chi connectivity index (χ1) is 12.3. The molecule has 0 N–H and O–H groups in total. The van der Waals surface area contributed by atoms with Crippen LogP contribution in [0.25, 0.3) is 11.8 Å². The minimum atomic E-state index is -0.325. The maximum Gasteiger partial charge on any atom is 0.294 e. The number of thioether (sulfide) groups is 1. The molecule has 1 aromatic heterocycles. The fourth-order valence-electron chi connectivity index (χ4n) is 3.15. The molecule has 1 saturated heterocycles. The molecule has 5 heteroatoms. The minimum absolute atomic E-state index is 0.00349. The Balaban J connectivity index is 2.05. The van der Waals surface area contributed by atoms with E-state index in [9.17, 15) is 9.59 Å². The highest BCUT2D eigenvalue weighted by Gasteiger charge is 2.34. The Labute approximate surface area is 157 Å². The smallest absolute Gasteiger partial charge is 0.294 e. The lowest BCUT2D eigenvalue weighted by Crippen LogP contribution is -2.28. The third kappa shape index (κ3) is 2.97. The van der Waals surface area contributed by atoms with Crippen molar-refractivity contribution in [1.82, 2.24) is 9.47 Å². The minimum Gasteiger partial charge on any atom is -0.318 e. The molecule has 1 aliphatic heterocycles. The molecule has 4 nitrogen and oxygen atoms in total. The molecule has 1 aliphatic rings. The van der Waals surface area contributed by atoms with Crippen LogP contribution in [0.15, 0.2) is 29.2 Å². The fraction of sp³-hybridized carbons (Fsp3) is 0.238. The molecule has 0 radical (unpaired) electrons. The number of amides is 2. The molecule has 1 fully saturated rings. The largest absolute Gasteiger partial charge is 0.318 e. The highest BCUT2D eigenvalue weighted by molar-refractivity contribution is 8.18. The Hall–Kier alpha value is -2.71. The van der Waals surface area contributed by atoms with Crippen molar-refractivity contribution in [3.8, 4) is 18.0 Å². The summed E-state index contributed by atoms with van der Waals surface area (Å²) in [5, 5.41) is -0.317. The standard InChI is InChI=1S/C21H20N2O2S/c1-6-10-22-20(24)19(26-21(22)25)12-17-11-14(3)23(16(17)5)18-9-7-8-13(2)15(18)4/h1,7-9,11-12H,10H2,2-5H3/b19-12+. The van der Waals surface area contributed by atoms with Crippen molar-refractivity contribution < 1.29 is 9.59 Å². The summed E-state index contributed by atoms with van der Waals surface area (Å²) in [5.74, 6) is 2.03. The first-order valence-electron chi connectivity index (χ1n) is 8.29. The number of benzene rings is 1. The van der Waals surface area contributed by atoms with E-state index in [0.717, 1.165) is 39.3 Å². The van der Waals surface area contributed by atoms with E-state index in [0.29, 0.717) is 4.91 Å². The van der Waals surface area contributed by atoms with Crippen LogP contribution in [-0.2, 0) is 4.79 Å². The number of hydrogen-bond donors (Lipinski definition) is 0. The van der Waals surface area contributed by atoms with Crippen LogP contribution in [0.4, 0.5) is 4.79 Å². The molecule has 1 aromatic carbocycles. The summed E-state index contributed by atoms with van der Waals surface area (Å²) < 4.78 is 2.18. The summed E-state index contributed by atoms with van der Waals surface area (Å²) in [6.45, 7) is 8.26. The third-order valence-electron chi connectivity index (χ3n) is 4.70. The van der Waals surface area contributed by atoms with Crippen molar-refractivity contribution in [2.75, 3.05) is 6.54 Å². The Morgan fingerprint density at radius 2 is 1.92 bits per heavy atom. The second-order valence-corrected chi connectivity index (χ2v) is 7.35. The van der Waals surface area contributed by atoms with Gasteiger partial charge in [0.15, 0.2) is 0 Å². The van der Waals surface area contributed by atoms with Gasteiger partial charge in [0, 0.05) is 17.1 Å². The van der Waals surface area contributed by atoms with E-state index in [1.54, 1.807) is 6.08 Å². The molecule has 0 spiro atoms. The zero-order valence-electron chi connectivity index (χ0n) is 15.3. The second-order valence-electron chi connectivity index (χ2n) is 6.35. The summed E-state index contributed by atoms with van der Waals surface area (Å²) in [6.07, 6.45) is 7.02. The molecule has 0 bridgehead atoms. The fourth-order valence-corrected chi connectivity index (χ4v) is 3.98. The van der Waals surface area contributed by atoms with Gasteiger partial charge in [0.05, 0.1) is 11.4 Å². The van der Waals surface area contributed by atoms with Gasteiger partial charge in [-0.25, -0.2) is 0 Å². The topological polar surface area (TPSA) is 42.3 Å². The molecule has 132 valence electrons. The van der Waals surface area contributed by atoms with E-state index in [1.807, 2.05) is 26.0 Å². The van der Waals surface area contributed by atoms with Crippen molar-refractivity contribution in [3.63, 3.8) is 0 Å². The average molecular weight is 364 g/mol. The molecule has 26 heavy (non-hydrogen) atoms. The number of aryl methyl sites for hydroxylation is 2. The summed E-state index contributed by atoms with van der Waals surface area (Å²) >= 11 is 0.936. The van der Waals surface area contributed by atoms with Crippen molar-refractivity contribution in [2.45, 2.75) is 27.7 Å². The molecule has 2 heterocycles. The molecule has 2 amide bonds. The summed E-state index contributed by atoms with van der Waals surface area (Å²) in [4.78, 5) is 25.9. The van der Waals surface area contributed by atoms with Gasteiger partial charge in [-0.2, -0.15) is 0 Å². The zero-order valence-corrected chi connectivity index (χ0v) is 16.1. The highest BCUT2D eigenvalue weighted by Crippen LogP contribution is 2.34. The summed E-state index contributed by atoms with van der Waals surface area (Å²) in [6, 6.07) is 8.26. The number of rotatable bonds is 3. The van der Waals surface area contributed by atoms with Gasteiger partial charge in [0.25, 0.3) is 11.1 Å². The lowest BCUT2D eigenvalue weighted by molar-refractivity contribution is -0.122. The van der Waals surface area contributed by atoms with Crippen LogP contribution in [0.3, 0.4) is 0 Å². The van der Waals surface area contributed by atoms with Gasteiger partial charge >= 0.3 is 0 Å². The molecule has 3 rings (SSSR count). The normalized spacial score (nSPS) is 15.8. The van der Waals surface area contributed by atoms with Crippen molar-refractivity contribution >= 4 is 29.0 Å². The number of aromatic nitrogens is 1. The van der Waals surface area contributed by atoms with Crippen LogP contribution in [0.2, 0.25) is 0 Å². The molecular weight excluding hydrogens is 344 g/mol. The quantitative estimate of drug-likeness (QED) is 0.599. The molecule has 0 saturated carbocycles. The maximum absolute atomic E-state index is 12.4. The predicted octanol–water partition coefficient (Wildman–Crippen LogP) is 4.38. The van der Waals surface area contributed by atoms with Crippen LogP contribution in [-0.4, -0.2) is 27.2 Å². The number of hydrogen-bond acceptors (Lipinski definition) is 3. The van der Waals surface area contributed by atoms with Crippen LogP contribution in [0.1, 0.15) is 28.1 Å². The molecule has 0 atom stereocenters. The van der Waals surface area contributed by atoms with E-state index in [1.165, 1.54) is 11.1 Å². The van der Waals surface area contributed by atoms with Gasteiger partial charge in [0.1, 0.15) is 0 Å². The molecule has 0 unspecified atom stereocenters. The monoisotopic (exact) mass is 364 g/mol. The Morgan fingerprint density at radius 1 is 1.19 bits per heavy atom. The lowest BCUT2D eigenvalue weighted by atomic mass is 10.1. The first kappa shape index (κ1) is 18.1. The Bertz CT molecular complexity index is 992. The lowest BCUT2D eigenvalue weighted by Gasteiger charge is -2.14. The van der Waals surface area contributed by atoms with Gasteiger partial charge in [-0.1, -0.05) is 18.1 Å². The molecule has 2 aromatic rings. The van der Waals surface area contributed by atoms with Crippen molar-refractivity contribution in [2.24, 2.45) is 0 Å². The van der Waals surface area contributed by atoms with Crippen molar-refractivity contribution in [1.29, 1.82) is 0 Å². The molecular formula is C21H20N2O2S. The van der Waals surface area contributed by atoms with Gasteiger partial charge < -0.3 is 4.57 Å². The van der Waals surface area contributed by atoms with Gasteiger partial charge in [-0.05, 0) is 74.4 Å². The number of imide groups is 1. The van der Waals surface area contributed by atoms with E-state index >= 15 is 0 Å². The third-order valence-corrected chi connectivity index (χ3v) is 5.60. The van der Waals surface area contributed by atoms with E-state index in [2.05, 4.69) is 36.5 Å². The highest BCUT2D eigenvalue weighted by atomic mass is 32.2. The van der Waals surface area contributed by atoms with Gasteiger partial charge in [0.2, 0.25) is 0 Å². The Kier molecular flexibility index (Phi) is 4.80. The summed E-state index contributed by atoms with van der Waals surface area (Å²) in [5.41, 5.74) is 6.60. The van der Waals surface area contributed by atoms with Crippen LogP contribution in [0.5, 0.6) is 0 Å². The van der Waals surface area contributed by atoms with Crippen LogP contribution >= 0.6 is 11.8 Å². The van der Waals surface area contributed by atoms with E-state index in [4.69, 9.17) is 6.42 Å². The van der Waals surface area contributed by atoms with Crippen LogP contribution < -0.4 is 0 Å². The average Bonchev–Trinajstić information content (AvgIpc) is 3.01.